The van der Waals surface area contributed by atoms with E-state index >= 15 is 0 Å². The summed E-state index contributed by atoms with van der Waals surface area (Å²) in [6.45, 7) is 6.72. The highest BCUT2D eigenvalue weighted by Crippen LogP contribution is 2.18. The Hall–Kier alpha value is -2.60. The van der Waals surface area contributed by atoms with Crippen molar-refractivity contribution < 1.29 is 18.7 Å². The van der Waals surface area contributed by atoms with Gasteiger partial charge >= 0.3 is 0 Å². The smallest absolute Gasteiger partial charge is 0.260 e. The van der Waals surface area contributed by atoms with Crippen LogP contribution in [0.25, 0.3) is 0 Å². The molecule has 0 spiro atoms. The number of hydrogen-bond donors (Lipinski definition) is 0. The Balaban J connectivity index is 1.30. The van der Waals surface area contributed by atoms with Crippen molar-refractivity contribution in [1.29, 1.82) is 0 Å². The molecule has 0 saturated carbocycles. The Kier molecular flexibility index (Phi) is 10.5. The van der Waals surface area contributed by atoms with Crippen molar-refractivity contribution in [3.63, 3.8) is 0 Å². The fourth-order valence-corrected chi connectivity index (χ4v) is 3.94. The summed E-state index contributed by atoms with van der Waals surface area (Å²) in [5.74, 6) is 1.29. The number of ether oxygens (including phenoxy) is 2. The monoisotopic (exact) mass is 456 g/mol. The number of piperazine rings is 1. The summed E-state index contributed by atoms with van der Waals surface area (Å²) in [7, 11) is 0. The lowest BCUT2D eigenvalue weighted by molar-refractivity contribution is -0.135. The maximum absolute atomic E-state index is 13.1. The zero-order chi connectivity index (χ0) is 23.3. The van der Waals surface area contributed by atoms with Crippen molar-refractivity contribution in [2.45, 2.75) is 52.0 Å². The van der Waals surface area contributed by atoms with Gasteiger partial charge in [-0.2, -0.15) is 0 Å². The Morgan fingerprint density at radius 2 is 1.42 bits per heavy atom. The zero-order valence-corrected chi connectivity index (χ0v) is 19.8. The number of amides is 1. The van der Waals surface area contributed by atoms with Crippen LogP contribution in [0.2, 0.25) is 0 Å². The average Bonchev–Trinajstić information content (AvgIpc) is 2.84. The van der Waals surface area contributed by atoms with Gasteiger partial charge in [0.15, 0.2) is 6.61 Å². The van der Waals surface area contributed by atoms with Crippen molar-refractivity contribution in [2.24, 2.45) is 0 Å². The predicted molar refractivity (Wildman–Crippen MR) is 129 cm³/mol. The highest BCUT2D eigenvalue weighted by molar-refractivity contribution is 5.77. The number of unbranched alkanes of at least 4 members (excludes halogenated alkanes) is 5. The minimum atomic E-state index is -0.218. The van der Waals surface area contributed by atoms with Gasteiger partial charge in [0, 0.05) is 32.7 Å². The lowest BCUT2D eigenvalue weighted by atomic mass is 10.1. The SMILES string of the molecule is CCCCCCCCOc1ccc(OCC(=O)N2CCN(Cc3ccc(F)cc3)CC2)cc1. The molecule has 1 amide bonds. The van der Waals surface area contributed by atoms with Crippen LogP contribution in [0.4, 0.5) is 4.39 Å². The van der Waals surface area contributed by atoms with Crippen molar-refractivity contribution in [3.8, 4) is 11.5 Å². The van der Waals surface area contributed by atoms with E-state index in [1.54, 1.807) is 0 Å². The lowest BCUT2D eigenvalue weighted by Crippen LogP contribution is -2.49. The third kappa shape index (κ3) is 9.04. The zero-order valence-electron chi connectivity index (χ0n) is 19.8. The minimum Gasteiger partial charge on any atom is -0.494 e. The van der Waals surface area contributed by atoms with E-state index in [1.807, 2.05) is 41.3 Å². The van der Waals surface area contributed by atoms with E-state index in [4.69, 9.17) is 9.47 Å². The van der Waals surface area contributed by atoms with Crippen LogP contribution in [0.1, 0.15) is 51.0 Å². The van der Waals surface area contributed by atoms with E-state index < -0.39 is 0 Å². The molecule has 1 aliphatic heterocycles. The van der Waals surface area contributed by atoms with Crippen LogP contribution < -0.4 is 9.47 Å². The van der Waals surface area contributed by atoms with Gasteiger partial charge in [-0.1, -0.05) is 51.2 Å². The fraction of sp³-hybridized carbons (Fsp3) is 0.519. The van der Waals surface area contributed by atoms with Crippen LogP contribution in [0.3, 0.4) is 0 Å². The molecule has 2 aromatic rings. The van der Waals surface area contributed by atoms with E-state index in [0.29, 0.717) is 18.8 Å². The van der Waals surface area contributed by atoms with Gasteiger partial charge in [-0.3, -0.25) is 9.69 Å². The summed E-state index contributed by atoms with van der Waals surface area (Å²) in [6, 6.07) is 14.1. The summed E-state index contributed by atoms with van der Waals surface area (Å²) in [4.78, 5) is 16.7. The summed E-state index contributed by atoms with van der Waals surface area (Å²) in [5, 5.41) is 0. The second-order valence-corrected chi connectivity index (χ2v) is 8.66. The van der Waals surface area contributed by atoms with E-state index in [0.717, 1.165) is 44.0 Å². The lowest BCUT2D eigenvalue weighted by Gasteiger charge is -2.34. The maximum atomic E-state index is 13.1. The molecular weight excluding hydrogens is 419 g/mol. The fourth-order valence-electron chi connectivity index (χ4n) is 3.94. The molecular formula is C27H37FN2O3. The van der Waals surface area contributed by atoms with Crippen LogP contribution >= 0.6 is 0 Å². The quantitative estimate of drug-likeness (QED) is 0.384. The molecule has 0 aromatic heterocycles. The van der Waals surface area contributed by atoms with Gasteiger partial charge in [-0.05, 0) is 48.4 Å². The molecule has 5 nitrogen and oxygen atoms in total. The maximum Gasteiger partial charge on any atom is 0.260 e. The molecule has 0 bridgehead atoms. The number of benzene rings is 2. The van der Waals surface area contributed by atoms with Crippen molar-refractivity contribution in [1.82, 2.24) is 9.80 Å². The largest absolute Gasteiger partial charge is 0.494 e. The molecule has 33 heavy (non-hydrogen) atoms. The highest BCUT2D eigenvalue weighted by Gasteiger charge is 2.21. The topological polar surface area (TPSA) is 42.0 Å². The van der Waals surface area contributed by atoms with Crippen molar-refractivity contribution in [2.75, 3.05) is 39.4 Å². The standard InChI is InChI=1S/C27H37FN2O3/c1-2-3-4-5-6-7-20-32-25-12-14-26(15-13-25)33-22-27(31)30-18-16-29(17-19-30)21-23-8-10-24(28)11-9-23/h8-15H,2-7,16-22H2,1H3. The molecule has 2 aromatic carbocycles. The summed E-state index contributed by atoms with van der Waals surface area (Å²) in [6.07, 6.45) is 7.47. The van der Waals surface area contributed by atoms with Gasteiger partial charge in [0.1, 0.15) is 17.3 Å². The van der Waals surface area contributed by atoms with Crippen molar-refractivity contribution >= 4 is 5.91 Å². The molecule has 0 unspecified atom stereocenters. The minimum absolute atomic E-state index is 0.000156. The highest BCUT2D eigenvalue weighted by atomic mass is 19.1. The Morgan fingerprint density at radius 1 is 0.818 bits per heavy atom. The number of hydrogen-bond acceptors (Lipinski definition) is 4. The molecule has 180 valence electrons. The molecule has 1 saturated heterocycles. The average molecular weight is 457 g/mol. The van der Waals surface area contributed by atoms with Crippen molar-refractivity contribution in [3.05, 3.63) is 59.9 Å². The first-order valence-electron chi connectivity index (χ1n) is 12.2. The van der Waals surface area contributed by atoms with Crippen LogP contribution in [0.5, 0.6) is 11.5 Å². The van der Waals surface area contributed by atoms with Gasteiger partial charge < -0.3 is 14.4 Å². The molecule has 0 N–H and O–H groups in total. The third-order valence-electron chi connectivity index (χ3n) is 6.00. The summed E-state index contributed by atoms with van der Waals surface area (Å²) >= 11 is 0. The molecule has 1 heterocycles. The van der Waals surface area contributed by atoms with Gasteiger partial charge in [-0.15, -0.1) is 0 Å². The van der Waals surface area contributed by atoms with Crippen LogP contribution in [-0.4, -0.2) is 55.1 Å². The normalized spacial score (nSPS) is 14.3. The van der Waals surface area contributed by atoms with E-state index in [1.165, 1.54) is 44.2 Å². The molecule has 1 aliphatic rings. The van der Waals surface area contributed by atoms with Gasteiger partial charge in [0.25, 0.3) is 5.91 Å². The van der Waals surface area contributed by atoms with E-state index in [-0.39, 0.29) is 18.3 Å². The molecule has 1 fully saturated rings. The van der Waals surface area contributed by atoms with E-state index in [9.17, 15) is 9.18 Å². The van der Waals surface area contributed by atoms with Crippen LogP contribution in [0.15, 0.2) is 48.5 Å². The summed E-state index contributed by atoms with van der Waals surface area (Å²) < 4.78 is 24.5. The second kappa shape index (κ2) is 13.8. The third-order valence-corrected chi connectivity index (χ3v) is 6.00. The summed E-state index contributed by atoms with van der Waals surface area (Å²) in [5.41, 5.74) is 1.08. The molecule has 0 atom stereocenters. The van der Waals surface area contributed by atoms with Gasteiger partial charge in [-0.25, -0.2) is 4.39 Å². The number of carbonyl (C=O) groups excluding carboxylic acids is 1. The molecule has 0 radical (unpaired) electrons. The van der Waals surface area contributed by atoms with E-state index in [2.05, 4.69) is 11.8 Å². The predicted octanol–water partition coefficient (Wildman–Crippen LogP) is 5.29. The van der Waals surface area contributed by atoms with Gasteiger partial charge in [0.2, 0.25) is 0 Å². The van der Waals surface area contributed by atoms with Crippen LogP contribution in [0, 0.1) is 5.82 Å². The number of rotatable bonds is 13. The molecule has 3 rings (SSSR count). The number of halogens is 1. The molecule has 6 heteroatoms. The second-order valence-electron chi connectivity index (χ2n) is 8.66. The molecule has 0 aliphatic carbocycles. The number of nitrogens with zero attached hydrogens (tertiary/aromatic N) is 2. The van der Waals surface area contributed by atoms with Gasteiger partial charge in [0.05, 0.1) is 6.61 Å². The first-order chi connectivity index (χ1) is 16.1. The number of carbonyl (C=O) groups is 1. The Labute approximate surface area is 197 Å². The Morgan fingerprint density at radius 3 is 2.09 bits per heavy atom. The first-order valence-corrected chi connectivity index (χ1v) is 12.2. The van der Waals surface area contributed by atoms with Crippen LogP contribution in [-0.2, 0) is 11.3 Å². The Bertz CT molecular complexity index is 818. The first kappa shape index (κ1) is 25.0.